The largest absolute Gasteiger partial charge is 0.496 e. The van der Waals surface area contributed by atoms with E-state index >= 15 is 0 Å². The van der Waals surface area contributed by atoms with Crippen molar-refractivity contribution in [2.75, 3.05) is 30.9 Å². The molecule has 1 aliphatic heterocycles. The van der Waals surface area contributed by atoms with Gasteiger partial charge in [-0.15, -0.1) is 11.8 Å². The van der Waals surface area contributed by atoms with E-state index in [-0.39, 0.29) is 35.2 Å². The SMILES string of the molecule is COc1ccccc1C1SCC(=O)N(CC(=O)NCCC(C)C)c2c1c(-c1ccccc1)nn2-c1ccc(F)cc1. The number of halogens is 1. The molecule has 212 valence electrons. The van der Waals surface area contributed by atoms with Crippen molar-refractivity contribution in [2.24, 2.45) is 5.92 Å². The highest BCUT2D eigenvalue weighted by atomic mass is 32.2. The molecule has 1 atom stereocenters. The van der Waals surface area contributed by atoms with Gasteiger partial charge in [0.25, 0.3) is 0 Å². The Morgan fingerprint density at radius 2 is 1.78 bits per heavy atom. The van der Waals surface area contributed by atoms with E-state index in [1.54, 1.807) is 23.9 Å². The summed E-state index contributed by atoms with van der Waals surface area (Å²) in [5.41, 5.74) is 3.80. The van der Waals surface area contributed by atoms with Crippen molar-refractivity contribution in [3.05, 3.63) is 95.8 Å². The topological polar surface area (TPSA) is 76.5 Å². The van der Waals surface area contributed by atoms with Crippen LogP contribution in [-0.4, -0.2) is 47.5 Å². The summed E-state index contributed by atoms with van der Waals surface area (Å²) in [7, 11) is 1.63. The lowest BCUT2D eigenvalue weighted by Gasteiger charge is -2.23. The lowest BCUT2D eigenvalue weighted by Crippen LogP contribution is -2.42. The minimum atomic E-state index is -0.379. The molecule has 3 aromatic carbocycles. The van der Waals surface area contributed by atoms with Crippen molar-refractivity contribution in [3.8, 4) is 22.7 Å². The first kappa shape index (κ1) is 28.4. The van der Waals surface area contributed by atoms with Crippen molar-refractivity contribution < 1.29 is 18.7 Å². The zero-order valence-corrected chi connectivity index (χ0v) is 24.2. The molecule has 0 saturated heterocycles. The quantitative estimate of drug-likeness (QED) is 0.266. The average molecular weight is 573 g/mol. The number of methoxy groups -OCH3 is 1. The Morgan fingerprint density at radius 3 is 2.49 bits per heavy atom. The summed E-state index contributed by atoms with van der Waals surface area (Å²) in [6.45, 7) is 4.55. The first-order chi connectivity index (χ1) is 19.9. The van der Waals surface area contributed by atoms with Crippen LogP contribution < -0.4 is 15.0 Å². The number of benzene rings is 3. The molecule has 0 saturated carbocycles. The van der Waals surface area contributed by atoms with Crippen molar-refractivity contribution in [3.63, 3.8) is 0 Å². The van der Waals surface area contributed by atoms with Gasteiger partial charge in [-0.3, -0.25) is 14.5 Å². The number of thioether (sulfide) groups is 1. The summed E-state index contributed by atoms with van der Waals surface area (Å²) in [4.78, 5) is 28.5. The lowest BCUT2D eigenvalue weighted by atomic mass is 9.99. The molecule has 7 nitrogen and oxygen atoms in total. The van der Waals surface area contributed by atoms with Gasteiger partial charge < -0.3 is 10.1 Å². The molecule has 1 N–H and O–H groups in total. The Labute approximate surface area is 243 Å². The molecular weight excluding hydrogens is 539 g/mol. The molecule has 0 bridgehead atoms. The van der Waals surface area contributed by atoms with Crippen LogP contribution in [0.2, 0.25) is 0 Å². The molecule has 2 amide bonds. The van der Waals surface area contributed by atoms with Crippen LogP contribution in [0.25, 0.3) is 16.9 Å². The van der Waals surface area contributed by atoms with E-state index < -0.39 is 0 Å². The number of anilines is 1. The van der Waals surface area contributed by atoms with Crippen molar-refractivity contribution in [2.45, 2.75) is 25.5 Å². The molecule has 9 heteroatoms. The number of amides is 2. The van der Waals surface area contributed by atoms with Gasteiger partial charge in [-0.2, -0.15) is 5.10 Å². The maximum absolute atomic E-state index is 14.0. The van der Waals surface area contributed by atoms with Crippen LogP contribution in [-0.2, 0) is 9.59 Å². The maximum Gasteiger partial charge on any atom is 0.240 e. The zero-order chi connectivity index (χ0) is 28.9. The Morgan fingerprint density at radius 1 is 1.07 bits per heavy atom. The fourth-order valence-corrected chi connectivity index (χ4v) is 6.14. The number of nitrogens with one attached hydrogen (secondary N) is 1. The third kappa shape index (κ3) is 6.15. The number of hydrogen-bond donors (Lipinski definition) is 1. The van der Waals surface area contributed by atoms with Gasteiger partial charge in [-0.05, 0) is 42.7 Å². The molecule has 1 unspecified atom stereocenters. The second kappa shape index (κ2) is 12.6. The highest BCUT2D eigenvalue weighted by Gasteiger charge is 2.38. The summed E-state index contributed by atoms with van der Waals surface area (Å²) >= 11 is 1.47. The molecule has 2 heterocycles. The second-order valence-corrected chi connectivity index (χ2v) is 11.4. The maximum atomic E-state index is 14.0. The smallest absolute Gasteiger partial charge is 0.240 e. The Kier molecular flexibility index (Phi) is 8.73. The van der Waals surface area contributed by atoms with Gasteiger partial charge >= 0.3 is 0 Å². The van der Waals surface area contributed by atoms with Crippen molar-refractivity contribution >= 4 is 29.4 Å². The van der Waals surface area contributed by atoms with Crippen LogP contribution in [0.5, 0.6) is 5.75 Å². The summed E-state index contributed by atoms with van der Waals surface area (Å²) in [6.07, 6.45) is 0.836. The van der Waals surface area contributed by atoms with Crippen LogP contribution in [0.3, 0.4) is 0 Å². The molecule has 1 aliphatic rings. The van der Waals surface area contributed by atoms with E-state index in [1.165, 1.54) is 28.8 Å². The predicted octanol–water partition coefficient (Wildman–Crippen LogP) is 6.02. The molecule has 1 aromatic heterocycles. The fourth-order valence-electron chi connectivity index (χ4n) is 4.92. The van der Waals surface area contributed by atoms with E-state index in [0.29, 0.717) is 35.4 Å². The highest BCUT2D eigenvalue weighted by molar-refractivity contribution is 8.00. The fraction of sp³-hybridized carbons (Fsp3) is 0.281. The number of para-hydroxylation sites is 1. The van der Waals surface area contributed by atoms with Crippen LogP contribution in [0.15, 0.2) is 78.9 Å². The van der Waals surface area contributed by atoms with E-state index in [9.17, 15) is 14.0 Å². The van der Waals surface area contributed by atoms with Gasteiger partial charge in [0.1, 0.15) is 23.9 Å². The Hall–Kier alpha value is -4.11. The van der Waals surface area contributed by atoms with Crippen LogP contribution in [0.1, 0.15) is 36.6 Å². The number of rotatable bonds is 9. The number of fused-ring (bicyclic) bond motifs is 1. The normalized spacial score (nSPS) is 15.0. The minimum absolute atomic E-state index is 0.147. The molecule has 5 rings (SSSR count). The molecule has 41 heavy (non-hydrogen) atoms. The van der Waals surface area contributed by atoms with Gasteiger partial charge in [-0.25, -0.2) is 9.07 Å². The molecule has 0 radical (unpaired) electrons. The standard InChI is InChI=1S/C32H33FN4O3S/c1-21(2)17-18-34-27(38)19-36-28(39)20-41-31(25-11-7-8-12-26(25)40-3)29-30(22-9-5-4-6-10-22)35-37(32(29)36)24-15-13-23(33)14-16-24/h4-16,21,31H,17-20H2,1-3H3,(H,34,38). The molecule has 0 aliphatic carbocycles. The summed E-state index contributed by atoms with van der Waals surface area (Å²) in [5, 5.41) is 7.66. The summed E-state index contributed by atoms with van der Waals surface area (Å²) in [5.74, 6) is 0.920. The van der Waals surface area contributed by atoms with Crippen LogP contribution in [0.4, 0.5) is 10.2 Å². The third-order valence-corrected chi connectivity index (χ3v) is 8.21. The van der Waals surface area contributed by atoms with Gasteiger partial charge in [0.2, 0.25) is 11.8 Å². The molecule has 4 aromatic rings. The van der Waals surface area contributed by atoms with Gasteiger partial charge in [0, 0.05) is 23.2 Å². The number of carbonyl (C=O) groups excluding carboxylic acids is 2. The van der Waals surface area contributed by atoms with E-state index in [2.05, 4.69) is 19.2 Å². The second-order valence-electron chi connectivity index (χ2n) is 10.3. The van der Waals surface area contributed by atoms with Crippen LogP contribution >= 0.6 is 11.8 Å². The summed E-state index contributed by atoms with van der Waals surface area (Å²) < 4.78 is 21.4. The van der Waals surface area contributed by atoms with Gasteiger partial charge in [0.15, 0.2) is 0 Å². The third-order valence-electron chi connectivity index (χ3n) is 6.97. The van der Waals surface area contributed by atoms with E-state index in [4.69, 9.17) is 9.84 Å². The number of hydrogen-bond acceptors (Lipinski definition) is 5. The number of nitrogens with zero attached hydrogens (tertiary/aromatic N) is 3. The van der Waals surface area contributed by atoms with Gasteiger partial charge in [0.05, 0.1) is 29.5 Å². The lowest BCUT2D eigenvalue weighted by molar-refractivity contribution is -0.122. The van der Waals surface area contributed by atoms with E-state index in [1.807, 2.05) is 54.6 Å². The first-order valence-electron chi connectivity index (χ1n) is 13.6. The first-order valence-corrected chi connectivity index (χ1v) is 14.7. The van der Waals surface area contributed by atoms with E-state index in [0.717, 1.165) is 23.1 Å². The Bertz CT molecular complexity index is 1520. The average Bonchev–Trinajstić information content (AvgIpc) is 3.30. The molecular formula is C32H33FN4O3S. The summed E-state index contributed by atoms with van der Waals surface area (Å²) in [6, 6.07) is 23.4. The number of carbonyl (C=O) groups is 2. The number of aromatic nitrogens is 2. The van der Waals surface area contributed by atoms with Gasteiger partial charge in [-0.1, -0.05) is 62.4 Å². The molecule has 0 fully saturated rings. The molecule has 0 spiro atoms. The Balaban J connectivity index is 1.74. The predicted molar refractivity (Wildman–Crippen MR) is 161 cm³/mol. The monoisotopic (exact) mass is 572 g/mol. The van der Waals surface area contributed by atoms with Crippen molar-refractivity contribution in [1.29, 1.82) is 0 Å². The highest BCUT2D eigenvalue weighted by Crippen LogP contribution is 2.50. The van der Waals surface area contributed by atoms with Crippen LogP contribution in [0, 0.1) is 11.7 Å². The number of ether oxygens (including phenoxy) is 1. The minimum Gasteiger partial charge on any atom is -0.496 e. The zero-order valence-electron chi connectivity index (χ0n) is 23.3. The van der Waals surface area contributed by atoms with Crippen molar-refractivity contribution in [1.82, 2.24) is 15.1 Å².